The molecule has 1 aliphatic carbocycles. The lowest BCUT2D eigenvalue weighted by Crippen LogP contribution is -3.00. The van der Waals surface area contributed by atoms with Crippen LogP contribution >= 0.6 is 0 Å². The van der Waals surface area contributed by atoms with E-state index in [1.165, 1.54) is 38.7 Å². The molecule has 4 nitrogen and oxygen atoms in total. The van der Waals surface area contributed by atoms with E-state index in [-0.39, 0.29) is 17.0 Å². The van der Waals surface area contributed by atoms with Gasteiger partial charge in [-0.2, -0.15) is 0 Å². The fourth-order valence-electron chi connectivity index (χ4n) is 4.47. The smallest absolute Gasteiger partial charge is 0.171 e. The maximum absolute atomic E-state index is 5.01. The molecular formula is C21H25BrN4. The maximum atomic E-state index is 5.01. The first-order valence-electron chi connectivity index (χ1n) is 9.33. The van der Waals surface area contributed by atoms with Crippen molar-refractivity contribution in [3.63, 3.8) is 0 Å². The number of nitrogens with one attached hydrogen (secondary N) is 1. The highest BCUT2D eigenvalue weighted by molar-refractivity contribution is 5.93. The molecular weight excluding hydrogens is 388 g/mol. The van der Waals surface area contributed by atoms with Crippen LogP contribution in [-0.2, 0) is 0 Å². The number of piperazine rings is 1. The molecule has 1 saturated heterocycles. The van der Waals surface area contributed by atoms with Crippen LogP contribution in [0.15, 0.2) is 52.3 Å². The van der Waals surface area contributed by atoms with E-state index in [1.807, 2.05) is 0 Å². The number of allylic oxidation sites excluding steroid dienone is 4. The van der Waals surface area contributed by atoms with Crippen LogP contribution in [0, 0.1) is 6.92 Å². The predicted octanol–water partition coefficient (Wildman–Crippen LogP) is -0.515. The number of fused-ring (bicyclic) bond motifs is 2. The van der Waals surface area contributed by atoms with Gasteiger partial charge >= 0.3 is 0 Å². The largest absolute Gasteiger partial charge is 1.00 e. The molecule has 0 aromatic heterocycles. The minimum atomic E-state index is 0. The number of likely N-dealkylation sites (N-methyl/N-ethyl adjacent to an activating group) is 1. The number of quaternary nitrogens is 1. The molecule has 0 radical (unpaired) electrons. The van der Waals surface area contributed by atoms with Crippen LogP contribution in [0.25, 0.3) is 0 Å². The Morgan fingerprint density at radius 1 is 1.12 bits per heavy atom. The maximum Gasteiger partial charge on any atom is 0.171 e. The van der Waals surface area contributed by atoms with Crippen molar-refractivity contribution in [2.45, 2.75) is 19.8 Å². The second-order valence-corrected chi connectivity index (χ2v) is 7.52. The minimum Gasteiger partial charge on any atom is -1.00 e. The monoisotopic (exact) mass is 412 g/mol. The lowest BCUT2D eigenvalue weighted by atomic mass is 9.97. The second kappa shape index (κ2) is 6.80. The van der Waals surface area contributed by atoms with Crippen LogP contribution in [0.2, 0.25) is 0 Å². The first-order valence-corrected chi connectivity index (χ1v) is 9.33. The van der Waals surface area contributed by atoms with Crippen LogP contribution in [0.1, 0.15) is 18.4 Å². The lowest BCUT2D eigenvalue weighted by molar-refractivity contribution is -0.723. The fourth-order valence-corrected chi connectivity index (χ4v) is 4.47. The summed E-state index contributed by atoms with van der Waals surface area (Å²) in [6.07, 6.45) is 11.4. The summed E-state index contributed by atoms with van der Waals surface area (Å²) in [4.78, 5) is 11.3. The number of anilines is 1. The van der Waals surface area contributed by atoms with Gasteiger partial charge in [-0.05, 0) is 32.9 Å². The summed E-state index contributed by atoms with van der Waals surface area (Å²) >= 11 is 0. The summed E-state index contributed by atoms with van der Waals surface area (Å²) in [6.45, 7) is 6.60. The summed E-state index contributed by atoms with van der Waals surface area (Å²) in [5.41, 5.74) is 9.32. The van der Waals surface area contributed by atoms with Gasteiger partial charge in [0.15, 0.2) is 11.4 Å². The number of nitrogens with zero attached hydrogens (tertiary/aromatic N) is 3. The highest BCUT2D eigenvalue weighted by Crippen LogP contribution is 2.40. The molecule has 0 bridgehead atoms. The zero-order chi connectivity index (χ0) is 17.0. The first kappa shape index (κ1) is 17.7. The molecule has 1 atom stereocenters. The van der Waals surface area contributed by atoms with Gasteiger partial charge in [-0.25, -0.2) is 9.89 Å². The lowest BCUT2D eigenvalue weighted by Gasteiger charge is -2.35. The van der Waals surface area contributed by atoms with E-state index in [4.69, 9.17) is 4.99 Å². The first-order chi connectivity index (χ1) is 12.2. The molecule has 4 aliphatic rings. The molecule has 136 valence electrons. The molecule has 0 saturated carbocycles. The third-order valence-electron chi connectivity index (χ3n) is 5.92. The van der Waals surface area contributed by atoms with E-state index in [1.54, 1.807) is 0 Å². The molecule has 5 rings (SSSR count). The van der Waals surface area contributed by atoms with Gasteiger partial charge in [0.2, 0.25) is 0 Å². The normalized spacial score (nSPS) is 24.0. The quantitative estimate of drug-likeness (QED) is 0.670. The average Bonchev–Trinajstić information content (AvgIpc) is 2.97. The zero-order valence-electron chi connectivity index (χ0n) is 15.4. The van der Waals surface area contributed by atoms with Crippen molar-refractivity contribution in [2.75, 3.05) is 38.1 Å². The Morgan fingerprint density at radius 3 is 2.73 bits per heavy atom. The Labute approximate surface area is 166 Å². The summed E-state index contributed by atoms with van der Waals surface area (Å²) in [5, 5.41) is 0. The number of hydrogen-bond acceptors (Lipinski definition) is 3. The van der Waals surface area contributed by atoms with E-state index in [2.05, 4.69) is 60.5 Å². The molecule has 5 heteroatoms. The van der Waals surface area contributed by atoms with Gasteiger partial charge in [0.05, 0.1) is 11.3 Å². The predicted molar refractivity (Wildman–Crippen MR) is 103 cm³/mol. The van der Waals surface area contributed by atoms with Gasteiger partial charge in [-0.15, -0.1) is 0 Å². The van der Waals surface area contributed by atoms with Crippen LogP contribution < -0.4 is 26.8 Å². The zero-order valence-corrected chi connectivity index (χ0v) is 17.0. The van der Waals surface area contributed by atoms with E-state index in [0.29, 0.717) is 0 Å². The molecule has 3 aliphatic heterocycles. The van der Waals surface area contributed by atoms with Crippen molar-refractivity contribution in [1.82, 2.24) is 4.90 Å². The molecule has 1 aromatic rings. The Bertz CT molecular complexity index is 857. The number of benzene rings is 1. The summed E-state index contributed by atoms with van der Waals surface area (Å²) in [7, 11) is 2.20. The Morgan fingerprint density at radius 2 is 1.92 bits per heavy atom. The summed E-state index contributed by atoms with van der Waals surface area (Å²) in [6, 6.07) is 4.55. The standard InChI is InChI=1S/C21H24N4.BrH/c1-15-6-7-18(24-12-10-23(2)11-13-24)19-20(15)25-9-8-16-4-3-5-17(14-22-19)21(16)25;/h5-9,14H,3-4,10-13H2,1-2H3;1H. The van der Waals surface area contributed by atoms with Crippen molar-refractivity contribution in [1.29, 1.82) is 0 Å². The molecule has 0 amide bonds. The average molecular weight is 413 g/mol. The van der Waals surface area contributed by atoms with Gasteiger partial charge in [-0.1, -0.05) is 12.1 Å². The highest BCUT2D eigenvalue weighted by Gasteiger charge is 2.35. The van der Waals surface area contributed by atoms with Gasteiger partial charge in [0.25, 0.3) is 0 Å². The summed E-state index contributed by atoms with van der Waals surface area (Å²) < 4.78 is 0. The highest BCUT2D eigenvalue weighted by atomic mass is 79.9. The fraction of sp³-hybridized carbons (Fsp3) is 0.381. The molecule has 1 aromatic carbocycles. The van der Waals surface area contributed by atoms with E-state index in [9.17, 15) is 0 Å². The van der Waals surface area contributed by atoms with Crippen molar-refractivity contribution < 1.29 is 21.9 Å². The van der Waals surface area contributed by atoms with Gasteiger partial charge in [0, 0.05) is 49.6 Å². The third kappa shape index (κ3) is 2.70. The van der Waals surface area contributed by atoms with Crippen molar-refractivity contribution >= 4 is 23.3 Å². The number of halogens is 1. The third-order valence-corrected chi connectivity index (χ3v) is 5.92. The number of rotatable bonds is 1. The van der Waals surface area contributed by atoms with E-state index < -0.39 is 0 Å². The van der Waals surface area contributed by atoms with Crippen molar-refractivity contribution in [2.24, 2.45) is 4.99 Å². The molecule has 0 spiro atoms. The van der Waals surface area contributed by atoms with Crippen LogP contribution in [-0.4, -0.2) is 44.3 Å². The number of aliphatic imine (C=N–C) groups is 1. The van der Waals surface area contributed by atoms with Crippen LogP contribution in [0.4, 0.5) is 17.1 Å². The molecule has 3 heterocycles. The van der Waals surface area contributed by atoms with E-state index in [0.717, 1.165) is 44.7 Å². The Balaban J connectivity index is 0.00000168. The minimum absolute atomic E-state index is 0. The molecule has 26 heavy (non-hydrogen) atoms. The van der Waals surface area contributed by atoms with E-state index >= 15 is 0 Å². The van der Waals surface area contributed by atoms with Gasteiger partial charge < -0.3 is 26.8 Å². The summed E-state index contributed by atoms with van der Waals surface area (Å²) in [5.74, 6) is 0. The number of hydrogen-bond donors (Lipinski definition) is 1. The van der Waals surface area contributed by atoms with Crippen LogP contribution in [0.5, 0.6) is 0 Å². The number of aryl methyl sites for hydroxylation is 1. The van der Waals surface area contributed by atoms with Gasteiger partial charge in [-0.3, -0.25) is 0 Å². The van der Waals surface area contributed by atoms with Crippen molar-refractivity contribution in [3.05, 3.63) is 52.9 Å². The SMILES string of the molecule is Cc1ccc(N2CCN(C)CC2)c2c1[NH+]1C=CC3=C1C(=CCC3)C=N2.[Br-]. The molecule has 1 fully saturated rings. The molecule has 1 unspecified atom stereocenters. The van der Waals surface area contributed by atoms with Crippen molar-refractivity contribution in [3.8, 4) is 0 Å². The van der Waals surface area contributed by atoms with Crippen LogP contribution in [0.3, 0.4) is 0 Å². The second-order valence-electron chi connectivity index (χ2n) is 7.52. The Hall–Kier alpha value is -1.69. The van der Waals surface area contributed by atoms with Gasteiger partial charge in [0.1, 0.15) is 11.9 Å². The Kier molecular flexibility index (Phi) is 4.63. The topological polar surface area (TPSA) is 23.3 Å². The molecule has 1 N–H and O–H groups in total.